The zero-order chi connectivity index (χ0) is 22.1. The maximum absolute atomic E-state index is 12.2. The summed E-state index contributed by atoms with van der Waals surface area (Å²) in [6.45, 7) is 2.98. The van der Waals surface area contributed by atoms with E-state index in [1.54, 1.807) is 12.1 Å². The molecule has 0 amide bonds. The molecule has 2 aromatic rings. The molecule has 0 bridgehead atoms. The van der Waals surface area contributed by atoms with E-state index in [1.165, 1.54) is 0 Å². The van der Waals surface area contributed by atoms with Crippen molar-refractivity contribution in [3.8, 4) is 11.5 Å². The molecule has 0 saturated heterocycles. The fourth-order valence-corrected chi connectivity index (χ4v) is 2.88. The van der Waals surface area contributed by atoms with Gasteiger partial charge >= 0.3 is 6.18 Å². The molecule has 2 N–H and O–H groups in total. The summed E-state index contributed by atoms with van der Waals surface area (Å²) >= 11 is 0. The number of aliphatic imine (C=N–C) groups is 1. The minimum atomic E-state index is -4.32. The molecule has 0 aromatic heterocycles. The first-order chi connectivity index (χ1) is 14.9. The molecule has 0 saturated carbocycles. The van der Waals surface area contributed by atoms with Gasteiger partial charge in [0, 0.05) is 24.7 Å². The Morgan fingerprint density at radius 2 is 1.74 bits per heavy atom. The lowest BCUT2D eigenvalue weighted by molar-refractivity contribution is -0.176. The molecule has 31 heavy (non-hydrogen) atoms. The van der Waals surface area contributed by atoms with Crippen LogP contribution in [0.15, 0.2) is 47.5 Å². The van der Waals surface area contributed by atoms with Gasteiger partial charge in [-0.2, -0.15) is 13.2 Å². The molecule has 0 atom stereocenters. The molecular weight excluding hydrogens is 411 g/mol. The van der Waals surface area contributed by atoms with E-state index in [4.69, 9.17) is 9.47 Å². The highest BCUT2D eigenvalue weighted by molar-refractivity contribution is 5.93. The molecule has 0 spiro atoms. The largest absolute Gasteiger partial charge is 0.490 e. The molecule has 3 rings (SSSR count). The van der Waals surface area contributed by atoms with Gasteiger partial charge < -0.3 is 24.8 Å². The Bertz CT molecular complexity index is 871. The third kappa shape index (κ3) is 7.67. The van der Waals surface area contributed by atoms with Gasteiger partial charge in [-0.05, 0) is 30.2 Å². The zero-order valence-electron chi connectivity index (χ0n) is 17.3. The summed E-state index contributed by atoms with van der Waals surface area (Å²) in [5, 5.41) is 6.44. The van der Waals surface area contributed by atoms with Crippen molar-refractivity contribution in [1.82, 2.24) is 5.32 Å². The van der Waals surface area contributed by atoms with Crippen molar-refractivity contribution in [2.24, 2.45) is 4.99 Å². The Kier molecular flexibility index (Phi) is 8.00. The molecule has 0 fully saturated rings. The number of benzene rings is 2. The number of hydrogen-bond acceptors (Lipinski definition) is 4. The first-order valence-electron chi connectivity index (χ1n) is 10.1. The Morgan fingerprint density at radius 3 is 2.45 bits per heavy atom. The van der Waals surface area contributed by atoms with E-state index < -0.39 is 12.8 Å². The van der Waals surface area contributed by atoms with Crippen LogP contribution in [0.2, 0.25) is 0 Å². The van der Waals surface area contributed by atoms with Crippen LogP contribution in [0.4, 0.5) is 18.9 Å². The minimum absolute atomic E-state index is 0.0859. The van der Waals surface area contributed by atoms with E-state index in [0.717, 1.165) is 23.4 Å². The van der Waals surface area contributed by atoms with Crippen molar-refractivity contribution in [2.45, 2.75) is 32.7 Å². The van der Waals surface area contributed by atoms with Crippen LogP contribution in [-0.4, -0.2) is 38.5 Å². The molecule has 1 heterocycles. The Hall–Kier alpha value is -2.94. The second kappa shape index (κ2) is 10.9. The van der Waals surface area contributed by atoms with Crippen molar-refractivity contribution < 1.29 is 27.4 Å². The summed E-state index contributed by atoms with van der Waals surface area (Å²) in [5.41, 5.74) is 2.42. The number of ether oxygens (including phenoxy) is 3. The number of hydrogen-bond donors (Lipinski definition) is 2. The molecule has 0 unspecified atom stereocenters. The lowest BCUT2D eigenvalue weighted by Crippen LogP contribution is -2.30. The van der Waals surface area contributed by atoms with Crippen LogP contribution in [0.5, 0.6) is 11.5 Å². The third-order valence-corrected chi connectivity index (χ3v) is 4.33. The molecular formula is C22H26F3N3O3. The Labute approximate surface area is 179 Å². The fraction of sp³-hybridized carbons (Fsp3) is 0.409. The first-order valence-corrected chi connectivity index (χ1v) is 10.1. The minimum Gasteiger partial charge on any atom is -0.490 e. The normalized spacial score (nSPS) is 14.1. The van der Waals surface area contributed by atoms with E-state index in [1.807, 2.05) is 37.3 Å². The number of anilines is 1. The van der Waals surface area contributed by atoms with Crippen LogP contribution in [-0.2, 0) is 17.9 Å². The fourth-order valence-electron chi connectivity index (χ4n) is 2.88. The first kappa shape index (κ1) is 22.7. The van der Waals surface area contributed by atoms with Gasteiger partial charge in [-0.25, -0.2) is 4.99 Å². The van der Waals surface area contributed by atoms with Crippen LogP contribution in [0.3, 0.4) is 0 Å². The second-order valence-electron chi connectivity index (χ2n) is 6.96. The molecule has 9 heteroatoms. The quantitative estimate of drug-likeness (QED) is 0.493. The predicted octanol–water partition coefficient (Wildman–Crippen LogP) is 4.50. The van der Waals surface area contributed by atoms with Crippen molar-refractivity contribution in [1.29, 1.82) is 0 Å². The van der Waals surface area contributed by atoms with Crippen molar-refractivity contribution in [2.75, 3.05) is 31.7 Å². The topological polar surface area (TPSA) is 64.1 Å². The average Bonchev–Trinajstić information content (AvgIpc) is 2.97. The molecule has 6 nitrogen and oxygen atoms in total. The van der Waals surface area contributed by atoms with Gasteiger partial charge in [0.1, 0.15) is 6.61 Å². The zero-order valence-corrected chi connectivity index (χ0v) is 17.3. The number of fused-ring (bicyclic) bond motifs is 1. The van der Waals surface area contributed by atoms with Crippen molar-refractivity contribution >= 4 is 11.6 Å². The third-order valence-electron chi connectivity index (χ3n) is 4.33. The lowest BCUT2D eigenvalue weighted by atomic mass is 10.1. The van der Waals surface area contributed by atoms with Crippen LogP contribution >= 0.6 is 0 Å². The standard InChI is InChI=1S/C22H26F3N3O3/c1-2-26-21(28-18-8-9-19-20(12-18)31-11-3-10-30-19)27-13-16-4-6-17(7-5-16)14-29-15-22(23,24)25/h4-9,12H,2-3,10-11,13-15H2,1H3,(H2,26,27,28). The number of nitrogens with one attached hydrogen (secondary N) is 2. The maximum Gasteiger partial charge on any atom is 0.411 e. The lowest BCUT2D eigenvalue weighted by Gasteiger charge is -2.14. The molecule has 168 valence electrons. The number of halogens is 3. The predicted molar refractivity (Wildman–Crippen MR) is 113 cm³/mol. The van der Waals surface area contributed by atoms with Gasteiger partial charge in [0.25, 0.3) is 0 Å². The van der Waals surface area contributed by atoms with E-state index in [9.17, 15) is 13.2 Å². The summed E-state index contributed by atoms with van der Waals surface area (Å²) in [6.07, 6.45) is -3.48. The van der Waals surface area contributed by atoms with E-state index in [-0.39, 0.29) is 6.61 Å². The maximum atomic E-state index is 12.2. The van der Waals surface area contributed by atoms with Crippen molar-refractivity contribution in [3.05, 3.63) is 53.6 Å². The van der Waals surface area contributed by atoms with Gasteiger partial charge in [-0.15, -0.1) is 0 Å². The van der Waals surface area contributed by atoms with Crippen LogP contribution in [0, 0.1) is 0 Å². The number of guanidine groups is 1. The highest BCUT2D eigenvalue weighted by Crippen LogP contribution is 2.32. The van der Waals surface area contributed by atoms with Gasteiger partial charge in [-0.1, -0.05) is 24.3 Å². The Balaban J connectivity index is 1.59. The van der Waals surface area contributed by atoms with Gasteiger partial charge in [-0.3, -0.25) is 0 Å². The summed E-state index contributed by atoms with van der Waals surface area (Å²) in [6, 6.07) is 12.8. The Morgan fingerprint density at radius 1 is 1.03 bits per heavy atom. The van der Waals surface area contributed by atoms with Gasteiger partial charge in [0.05, 0.1) is 26.4 Å². The summed E-state index contributed by atoms with van der Waals surface area (Å²) in [4.78, 5) is 4.58. The molecule has 1 aliphatic rings. The van der Waals surface area contributed by atoms with E-state index in [0.29, 0.717) is 43.6 Å². The molecule has 2 aromatic carbocycles. The van der Waals surface area contributed by atoms with Crippen LogP contribution in [0.25, 0.3) is 0 Å². The number of rotatable bonds is 7. The number of alkyl halides is 3. The van der Waals surface area contributed by atoms with Crippen LogP contribution in [0.1, 0.15) is 24.5 Å². The second-order valence-corrected chi connectivity index (χ2v) is 6.96. The van der Waals surface area contributed by atoms with Crippen molar-refractivity contribution in [3.63, 3.8) is 0 Å². The monoisotopic (exact) mass is 437 g/mol. The van der Waals surface area contributed by atoms with Gasteiger partial charge in [0.15, 0.2) is 17.5 Å². The summed E-state index contributed by atoms with van der Waals surface area (Å²) in [7, 11) is 0. The van der Waals surface area contributed by atoms with Gasteiger partial charge in [0.2, 0.25) is 0 Å². The SMILES string of the molecule is CCNC(=NCc1ccc(COCC(F)(F)F)cc1)Nc1ccc2c(c1)OCCCO2. The molecule has 0 aliphatic carbocycles. The van der Waals surface area contributed by atoms with E-state index in [2.05, 4.69) is 20.4 Å². The molecule has 0 radical (unpaired) electrons. The van der Waals surface area contributed by atoms with E-state index >= 15 is 0 Å². The highest BCUT2D eigenvalue weighted by Gasteiger charge is 2.27. The molecule has 1 aliphatic heterocycles. The summed E-state index contributed by atoms with van der Waals surface area (Å²) < 4.78 is 52.5. The highest BCUT2D eigenvalue weighted by atomic mass is 19.4. The van der Waals surface area contributed by atoms with Crippen LogP contribution < -0.4 is 20.1 Å². The average molecular weight is 437 g/mol. The smallest absolute Gasteiger partial charge is 0.411 e. The summed E-state index contributed by atoms with van der Waals surface area (Å²) in [5.74, 6) is 2.03. The number of nitrogens with zero attached hydrogens (tertiary/aromatic N) is 1.